The lowest BCUT2D eigenvalue weighted by atomic mass is 9.87. The lowest BCUT2D eigenvalue weighted by Gasteiger charge is -2.34. The molecule has 0 aromatic rings. The first-order valence-corrected chi connectivity index (χ1v) is 8.86. The van der Waals surface area contributed by atoms with E-state index in [1.54, 1.807) is 4.31 Å². The Bertz CT molecular complexity index is 368. The topological polar surface area (TPSA) is 66.6 Å². The lowest BCUT2D eigenvalue weighted by molar-refractivity contribution is 0.179. The molecule has 0 aliphatic carbocycles. The minimum atomic E-state index is -3.02. The molecule has 0 saturated carbocycles. The van der Waals surface area contributed by atoms with Gasteiger partial charge >= 0.3 is 0 Å². The Morgan fingerprint density at radius 2 is 1.68 bits per heavy atom. The van der Waals surface area contributed by atoms with E-state index in [0.29, 0.717) is 13.1 Å². The summed E-state index contributed by atoms with van der Waals surface area (Å²) in [7, 11) is -3.02. The molecule has 0 amide bonds. The zero-order valence-corrected chi connectivity index (χ0v) is 13.5. The van der Waals surface area contributed by atoms with Crippen LogP contribution in [0.2, 0.25) is 0 Å². The van der Waals surface area contributed by atoms with E-state index in [1.807, 2.05) is 0 Å². The van der Waals surface area contributed by atoms with Gasteiger partial charge in [0.15, 0.2) is 0 Å². The second-order valence-electron chi connectivity index (χ2n) is 6.82. The smallest absolute Gasteiger partial charge is 0.211 e. The van der Waals surface area contributed by atoms with E-state index in [4.69, 9.17) is 5.73 Å². The van der Waals surface area contributed by atoms with E-state index >= 15 is 0 Å². The fraction of sp³-hybridized carbons (Fsp3) is 1.00. The Hall–Kier alpha value is -0.170. The van der Waals surface area contributed by atoms with E-state index in [2.05, 4.69) is 25.7 Å². The maximum Gasteiger partial charge on any atom is 0.211 e. The second kappa shape index (κ2) is 6.52. The van der Waals surface area contributed by atoms with Crippen LogP contribution in [-0.4, -0.2) is 62.6 Å². The van der Waals surface area contributed by atoms with Crippen molar-refractivity contribution in [3.8, 4) is 0 Å². The Labute approximate surface area is 118 Å². The Morgan fingerprint density at radius 3 is 2.11 bits per heavy atom. The molecule has 1 aliphatic heterocycles. The molecule has 114 valence electrons. The van der Waals surface area contributed by atoms with Crippen molar-refractivity contribution in [1.29, 1.82) is 0 Å². The lowest BCUT2D eigenvalue weighted by Crippen LogP contribution is -2.49. The van der Waals surface area contributed by atoms with E-state index in [1.165, 1.54) is 6.26 Å². The van der Waals surface area contributed by atoms with Crippen molar-refractivity contribution in [2.45, 2.75) is 39.7 Å². The monoisotopic (exact) mass is 291 g/mol. The Kier molecular flexibility index (Phi) is 5.79. The largest absolute Gasteiger partial charge is 0.328 e. The maximum atomic E-state index is 11.4. The number of rotatable bonds is 5. The molecular weight excluding hydrogens is 262 g/mol. The standard InChI is InChI=1S/C13H29N3O2S/c1-13(2,3)11-12(14)5-6-15-7-9-16(10-8-15)19(4,17)18/h12H,5-11,14H2,1-4H3. The molecule has 0 bridgehead atoms. The van der Waals surface area contributed by atoms with Crippen molar-refractivity contribution in [3.63, 3.8) is 0 Å². The predicted molar refractivity (Wildman–Crippen MR) is 79.5 cm³/mol. The van der Waals surface area contributed by atoms with Gasteiger partial charge in [-0.2, -0.15) is 4.31 Å². The third-order valence-electron chi connectivity index (χ3n) is 3.49. The van der Waals surface area contributed by atoms with Gasteiger partial charge in [0.2, 0.25) is 10.0 Å². The third kappa shape index (κ3) is 6.70. The highest BCUT2D eigenvalue weighted by atomic mass is 32.2. The average Bonchev–Trinajstić information content (AvgIpc) is 2.23. The number of sulfonamides is 1. The highest BCUT2D eigenvalue weighted by Crippen LogP contribution is 2.21. The van der Waals surface area contributed by atoms with Crippen molar-refractivity contribution in [3.05, 3.63) is 0 Å². The molecule has 1 unspecified atom stereocenters. The van der Waals surface area contributed by atoms with Gasteiger partial charge in [0, 0.05) is 32.2 Å². The van der Waals surface area contributed by atoms with E-state index in [-0.39, 0.29) is 11.5 Å². The van der Waals surface area contributed by atoms with Crippen molar-refractivity contribution < 1.29 is 8.42 Å². The first-order valence-electron chi connectivity index (χ1n) is 7.01. The zero-order valence-electron chi connectivity index (χ0n) is 12.7. The van der Waals surface area contributed by atoms with Gasteiger partial charge in [0.1, 0.15) is 0 Å². The fourth-order valence-electron chi connectivity index (χ4n) is 2.52. The highest BCUT2D eigenvalue weighted by molar-refractivity contribution is 7.88. The minimum absolute atomic E-state index is 0.230. The van der Waals surface area contributed by atoms with Gasteiger partial charge < -0.3 is 10.6 Å². The molecule has 2 N–H and O–H groups in total. The van der Waals surface area contributed by atoms with E-state index in [0.717, 1.165) is 32.5 Å². The van der Waals surface area contributed by atoms with Crippen molar-refractivity contribution in [1.82, 2.24) is 9.21 Å². The van der Waals surface area contributed by atoms with Gasteiger partial charge in [0.05, 0.1) is 6.26 Å². The normalized spacial score (nSPS) is 21.5. The molecule has 19 heavy (non-hydrogen) atoms. The summed E-state index contributed by atoms with van der Waals surface area (Å²) in [5.41, 5.74) is 6.41. The molecule has 1 rings (SSSR count). The van der Waals surface area contributed by atoms with Crippen molar-refractivity contribution >= 4 is 10.0 Å². The van der Waals surface area contributed by atoms with Crippen LogP contribution in [0, 0.1) is 5.41 Å². The third-order valence-corrected chi connectivity index (χ3v) is 4.79. The molecule has 6 heteroatoms. The molecule has 1 atom stereocenters. The van der Waals surface area contributed by atoms with E-state index in [9.17, 15) is 8.42 Å². The van der Waals surface area contributed by atoms with Crippen LogP contribution >= 0.6 is 0 Å². The van der Waals surface area contributed by atoms with Crippen LogP contribution in [0.5, 0.6) is 0 Å². The number of piperazine rings is 1. The Balaban J connectivity index is 2.27. The molecular formula is C13H29N3O2S. The van der Waals surface area contributed by atoms with E-state index < -0.39 is 10.0 Å². The quantitative estimate of drug-likeness (QED) is 0.810. The van der Waals surface area contributed by atoms with Gasteiger partial charge in [-0.25, -0.2) is 8.42 Å². The van der Waals surface area contributed by atoms with Crippen LogP contribution in [0.15, 0.2) is 0 Å². The van der Waals surface area contributed by atoms with Gasteiger partial charge in [-0.1, -0.05) is 20.8 Å². The molecule has 1 heterocycles. The fourth-order valence-corrected chi connectivity index (χ4v) is 3.35. The first-order chi connectivity index (χ1) is 8.58. The second-order valence-corrected chi connectivity index (χ2v) is 8.80. The van der Waals surface area contributed by atoms with Gasteiger partial charge in [-0.05, 0) is 24.8 Å². The van der Waals surface area contributed by atoms with Gasteiger partial charge in [0.25, 0.3) is 0 Å². The summed E-state index contributed by atoms with van der Waals surface area (Å²) in [6.07, 6.45) is 3.29. The number of nitrogens with two attached hydrogens (primary N) is 1. The number of nitrogens with zero attached hydrogens (tertiary/aromatic N) is 2. The molecule has 5 nitrogen and oxygen atoms in total. The summed E-state index contributed by atoms with van der Waals surface area (Å²) in [5.74, 6) is 0. The summed E-state index contributed by atoms with van der Waals surface area (Å²) in [5, 5.41) is 0. The van der Waals surface area contributed by atoms with Crippen molar-refractivity contribution in [2.75, 3.05) is 39.0 Å². The van der Waals surface area contributed by atoms with Crippen molar-refractivity contribution in [2.24, 2.45) is 11.1 Å². The zero-order chi connectivity index (χ0) is 14.7. The number of hydrogen-bond donors (Lipinski definition) is 1. The van der Waals surface area contributed by atoms with Crippen LogP contribution in [0.25, 0.3) is 0 Å². The molecule has 0 spiro atoms. The number of hydrogen-bond acceptors (Lipinski definition) is 4. The Morgan fingerprint density at radius 1 is 1.16 bits per heavy atom. The van der Waals surface area contributed by atoms with Gasteiger partial charge in [-0.15, -0.1) is 0 Å². The predicted octanol–water partition coefficient (Wildman–Crippen LogP) is 0.717. The average molecular weight is 291 g/mol. The van der Waals surface area contributed by atoms with Gasteiger partial charge in [-0.3, -0.25) is 0 Å². The molecule has 1 fully saturated rings. The van der Waals surface area contributed by atoms with Crippen LogP contribution in [0.1, 0.15) is 33.6 Å². The highest BCUT2D eigenvalue weighted by Gasteiger charge is 2.23. The molecule has 0 radical (unpaired) electrons. The molecule has 0 aromatic carbocycles. The molecule has 1 aliphatic rings. The summed E-state index contributed by atoms with van der Waals surface area (Å²) in [6.45, 7) is 10.4. The summed E-state index contributed by atoms with van der Waals surface area (Å²) >= 11 is 0. The maximum absolute atomic E-state index is 11.4. The first kappa shape index (κ1) is 16.9. The summed E-state index contributed by atoms with van der Waals surface area (Å²) in [4.78, 5) is 2.31. The SMILES string of the molecule is CC(C)(C)CC(N)CCN1CCN(S(C)(=O)=O)CC1. The molecule has 0 aromatic heterocycles. The van der Waals surface area contributed by atoms with Crippen LogP contribution < -0.4 is 5.73 Å². The summed E-state index contributed by atoms with van der Waals surface area (Å²) < 4.78 is 24.4. The van der Waals surface area contributed by atoms with Crippen LogP contribution in [0.3, 0.4) is 0 Å². The summed E-state index contributed by atoms with van der Waals surface area (Å²) in [6, 6.07) is 0.230. The molecule has 1 saturated heterocycles. The van der Waals surface area contributed by atoms with Crippen LogP contribution in [0.4, 0.5) is 0 Å². The minimum Gasteiger partial charge on any atom is -0.328 e. The van der Waals surface area contributed by atoms with Crippen LogP contribution in [-0.2, 0) is 10.0 Å².